The van der Waals surface area contributed by atoms with Crippen molar-refractivity contribution in [1.29, 1.82) is 21.0 Å². The van der Waals surface area contributed by atoms with Crippen LogP contribution in [0.5, 0.6) is 0 Å². The normalized spacial score (nSPS) is 15.6. The van der Waals surface area contributed by atoms with E-state index in [0.29, 0.717) is 75.1 Å². The Hall–Kier alpha value is -9.94. The van der Waals surface area contributed by atoms with Crippen LogP contribution in [-0.2, 0) is 10.8 Å². The van der Waals surface area contributed by atoms with Gasteiger partial charge in [-0.2, -0.15) is 21.0 Å². The largest absolute Gasteiger partial charge is 0.289 e. The molecule has 0 saturated heterocycles. The van der Waals surface area contributed by atoms with Crippen molar-refractivity contribution in [1.82, 2.24) is 0 Å². The molecule has 0 unspecified atom stereocenters. The van der Waals surface area contributed by atoms with Gasteiger partial charge in [-0.25, -0.2) is 8.78 Å². The molecule has 2 heterocycles. The van der Waals surface area contributed by atoms with Gasteiger partial charge in [0, 0.05) is 75.2 Å². The standard InChI is InChI=1S/C70H40F2N4O2S2/c1-37-13-21-43(22-14-37)69(44-23-15-38(2)16-24-44)55-31-47(29-53-57(41(33-73)34-74)49-9-5-7-11-51(49)65(53)77)79-67(55)59-61(69)63(71)60-62(64(59)72)70(45-25-17-39(3)18-26-45,46-27-19-40(4)20-28-46)56-32-48(80-68(56)60)30-54-58(42(35-75)36-76)50-10-6-8-12-52(50)66(54)78/h5-32H,1-4H3/b53-29-,54-30-. The maximum Gasteiger partial charge on any atom is 0.194 e. The summed E-state index contributed by atoms with van der Waals surface area (Å²) in [7, 11) is 0. The van der Waals surface area contributed by atoms with E-state index in [2.05, 4.69) is 0 Å². The zero-order chi connectivity index (χ0) is 55.5. The summed E-state index contributed by atoms with van der Waals surface area (Å²) < 4.78 is 40.1. The van der Waals surface area contributed by atoms with Gasteiger partial charge in [-0.15, -0.1) is 22.7 Å². The first-order valence-electron chi connectivity index (χ1n) is 25.7. The van der Waals surface area contributed by atoms with E-state index in [1.165, 1.54) is 22.7 Å². The monoisotopic (exact) mass is 1070 g/mol. The zero-order valence-electron chi connectivity index (χ0n) is 43.3. The third-order valence-electron chi connectivity index (χ3n) is 16.3. The van der Waals surface area contributed by atoms with Gasteiger partial charge in [0.2, 0.25) is 0 Å². The van der Waals surface area contributed by atoms with Gasteiger partial charge in [0.15, 0.2) is 11.6 Å². The highest BCUT2D eigenvalue weighted by molar-refractivity contribution is 7.17. The quantitative estimate of drug-likeness (QED) is 0.120. The Morgan fingerprint density at radius 1 is 0.438 bits per heavy atom. The van der Waals surface area contributed by atoms with Gasteiger partial charge in [0.1, 0.15) is 47.1 Å². The smallest absolute Gasteiger partial charge is 0.194 e. The van der Waals surface area contributed by atoms with Crippen LogP contribution in [-0.4, -0.2) is 11.6 Å². The third kappa shape index (κ3) is 6.81. The van der Waals surface area contributed by atoms with Crippen molar-refractivity contribution in [3.63, 3.8) is 0 Å². The van der Waals surface area contributed by atoms with E-state index >= 15 is 8.78 Å². The summed E-state index contributed by atoms with van der Waals surface area (Å²) in [6.07, 6.45) is 3.35. The van der Waals surface area contributed by atoms with Crippen LogP contribution in [0.25, 0.3) is 44.2 Å². The lowest BCUT2D eigenvalue weighted by Gasteiger charge is -2.36. The molecule has 80 heavy (non-hydrogen) atoms. The predicted molar refractivity (Wildman–Crippen MR) is 309 cm³/mol. The van der Waals surface area contributed by atoms with Crippen LogP contribution in [0.15, 0.2) is 180 Å². The molecule has 4 aliphatic carbocycles. The number of allylic oxidation sites excluding steroid dienone is 6. The number of nitrogens with zero attached hydrogens (tertiary/aromatic N) is 4. The Bertz CT molecular complexity index is 4180. The second-order valence-corrected chi connectivity index (χ2v) is 22.9. The van der Waals surface area contributed by atoms with Crippen molar-refractivity contribution in [3.05, 3.63) is 290 Å². The van der Waals surface area contributed by atoms with E-state index in [0.717, 1.165) is 22.3 Å². The number of carbonyl (C=O) groups excluding carboxylic acids is 2. The minimum absolute atomic E-state index is 0.0734. The van der Waals surface area contributed by atoms with E-state index < -0.39 is 22.5 Å². The van der Waals surface area contributed by atoms with Crippen molar-refractivity contribution in [3.8, 4) is 45.2 Å². The average Bonchev–Trinajstić information content (AvgIpc) is 4.47. The SMILES string of the molecule is Cc1ccc(C2(c3ccc(C)cc3)c3cc(/C=C4\C(=O)c5ccccc5C4=C(C#N)C#N)sc3-c3c(F)c4c(c(F)c32)-c2sc(/C=C3\C(=O)c5ccccc5C3=C(C#N)C#N)cc2C4(c2ccc(C)cc2)c2ccc(C)cc2)cc1. The van der Waals surface area contributed by atoms with Crippen LogP contribution in [0.4, 0.5) is 8.78 Å². The van der Waals surface area contributed by atoms with Crippen molar-refractivity contribution in [2.75, 3.05) is 0 Å². The van der Waals surface area contributed by atoms with Crippen molar-refractivity contribution < 1.29 is 18.4 Å². The highest BCUT2D eigenvalue weighted by atomic mass is 32.1. The van der Waals surface area contributed by atoms with Gasteiger partial charge < -0.3 is 0 Å². The minimum atomic E-state index is -1.50. The maximum atomic E-state index is 20.0. The van der Waals surface area contributed by atoms with E-state index in [1.54, 1.807) is 60.7 Å². The number of Topliss-reactive ketones (excluding diaryl/α,β-unsaturated/α-hetero) is 2. The highest BCUT2D eigenvalue weighted by Gasteiger charge is 2.57. The highest BCUT2D eigenvalue weighted by Crippen LogP contribution is 2.67. The first-order chi connectivity index (χ1) is 38.8. The van der Waals surface area contributed by atoms with E-state index in [9.17, 15) is 30.6 Å². The summed E-state index contributed by atoms with van der Waals surface area (Å²) in [4.78, 5) is 30.8. The van der Waals surface area contributed by atoms with Crippen LogP contribution < -0.4 is 0 Å². The lowest BCUT2D eigenvalue weighted by Crippen LogP contribution is -2.32. The lowest BCUT2D eigenvalue weighted by molar-refractivity contribution is 0.103. The number of thiophene rings is 2. The summed E-state index contributed by atoms with van der Waals surface area (Å²) in [6, 6.07) is 56.9. The molecule has 0 spiro atoms. The number of carbonyl (C=O) groups is 2. The second-order valence-electron chi connectivity index (χ2n) is 20.7. The van der Waals surface area contributed by atoms with Gasteiger partial charge in [-0.1, -0.05) is 168 Å². The molecule has 0 radical (unpaired) electrons. The molecular formula is C70H40F2N4O2S2. The average molecular weight is 1070 g/mol. The fourth-order valence-corrected chi connectivity index (χ4v) is 15.1. The molecule has 378 valence electrons. The van der Waals surface area contributed by atoms with Gasteiger partial charge in [-0.3, -0.25) is 9.59 Å². The molecule has 2 aromatic heterocycles. The molecule has 13 rings (SSSR count). The van der Waals surface area contributed by atoms with E-state index in [1.807, 2.05) is 161 Å². The van der Waals surface area contributed by atoms with Gasteiger partial charge in [0.25, 0.3) is 0 Å². The number of ketones is 2. The Labute approximate surface area is 468 Å². The number of halogens is 2. The Morgan fingerprint density at radius 3 is 1.01 bits per heavy atom. The lowest BCUT2D eigenvalue weighted by atomic mass is 9.65. The molecular weight excluding hydrogens is 1030 g/mol. The molecule has 0 fully saturated rings. The third-order valence-corrected chi connectivity index (χ3v) is 18.5. The molecule has 6 nitrogen and oxygen atoms in total. The number of hydrogen-bond donors (Lipinski definition) is 0. The summed E-state index contributed by atoms with van der Waals surface area (Å²) in [5.41, 5.74) is 6.99. The first kappa shape index (κ1) is 49.6. The second kappa shape index (κ2) is 18.3. The van der Waals surface area contributed by atoms with Crippen LogP contribution in [0.1, 0.15) is 108 Å². The Kier molecular flexibility index (Phi) is 11.4. The van der Waals surface area contributed by atoms with Gasteiger partial charge >= 0.3 is 0 Å². The summed E-state index contributed by atoms with van der Waals surface area (Å²) in [5, 5.41) is 41.0. The number of nitriles is 4. The van der Waals surface area contributed by atoms with Gasteiger partial charge in [-0.05, 0) is 96.5 Å². The zero-order valence-corrected chi connectivity index (χ0v) is 45.0. The van der Waals surface area contributed by atoms with Crippen LogP contribution >= 0.6 is 22.7 Å². The summed E-state index contributed by atoms with van der Waals surface area (Å²) in [5.74, 6) is -2.00. The molecule has 0 amide bonds. The summed E-state index contributed by atoms with van der Waals surface area (Å²) >= 11 is 2.44. The van der Waals surface area contributed by atoms with Crippen molar-refractivity contribution in [2.45, 2.75) is 38.5 Å². The van der Waals surface area contributed by atoms with E-state index in [-0.39, 0.29) is 67.3 Å². The molecule has 7 aromatic carbocycles. The molecule has 4 aliphatic rings. The minimum Gasteiger partial charge on any atom is -0.289 e. The molecule has 0 saturated carbocycles. The molecule has 0 aliphatic heterocycles. The van der Waals surface area contributed by atoms with Crippen LogP contribution in [0.3, 0.4) is 0 Å². The molecule has 9 aromatic rings. The Balaban J connectivity index is 1.17. The Morgan fingerprint density at radius 2 is 0.725 bits per heavy atom. The molecule has 0 atom stereocenters. The van der Waals surface area contributed by atoms with E-state index in [4.69, 9.17) is 0 Å². The number of aryl methyl sites for hydroxylation is 4. The summed E-state index contributed by atoms with van der Waals surface area (Å²) in [6.45, 7) is 7.87. The number of rotatable bonds is 6. The fraction of sp³-hybridized carbons (Fsp3) is 0.0857. The van der Waals surface area contributed by atoms with Crippen LogP contribution in [0.2, 0.25) is 0 Å². The number of hydrogen-bond acceptors (Lipinski definition) is 8. The fourth-order valence-electron chi connectivity index (χ4n) is 12.7. The van der Waals surface area contributed by atoms with Crippen molar-refractivity contribution >= 4 is 57.5 Å². The van der Waals surface area contributed by atoms with Crippen LogP contribution in [0, 0.1) is 84.7 Å². The number of fused-ring (bicyclic) bond motifs is 8. The molecule has 0 N–H and O–H groups in total. The first-order valence-corrected chi connectivity index (χ1v) is 27.4. The van der Waals surface area contributed by atoms with Crippen molar-refractivity contribution in [2.24, 2.45) is 0 Å². The maximum absolute atomic E-state index is 20.0. The molecule has 0 bridgehead atoms. The topological polar surface area (TPSA) is 129 Å². The van der Waals surface area contributed by atoms with Gasteiger partial charge in [0.05, 0.1) is 10.8 Å². The number of benzene rings is 7. The predicted octanol–water partition coefficient (Wildman–Crippen LogP) is 16.2. The molecule has 10 heteroatoms.